The van der Waals surface area contributed by atoms with Gasteiger partial charge in [0.1, 0.15) is 5.54 Å². The van der Waals surface area contributed by atoms with Crippen LogP contribution in [-0.4, -0.2) is 71.7 Å². The normalized spacial score (nSPS) is 15.4. The predicted octanol–water partition coefficient (Wildman–Crippen LogP) is -2.37. The first-order chi connectivity index (χ1) is 17.6. The number of carboxylic acids is 1. The summed E-state index contributed by atoms with van der Waals surface area (Å²) in [6, 6.07) is 9.32. The Morgan fingerprint density at radius 2 is 1.43 bits per heavy atom. The van der Waals surface area contributed by atoms with Crippen molar-refractivity contribution in [2.45, 2.75) is 32.1 Å². The number of nitrogens with one attached hydrogen (secondary N) is 3. The molecule has 12 nitrogen and oxygen atoms in total. The van der Waals surface area contributed by atoms with Gasteiger partial charge in [-0.15, -0.1) is 0 Å². The van der Waals surface area contributed by atoms with Gasteiger partial charge in [0, 0.05) is 24.2 Å². The van der Waals surface area contributed by atoms with Gasteiger partial charge < -0.3 is 40.4 Å². The van der Waals surface area contributed by atoms with Crippen molar-refractivity contribution < 1.29 is 43.6 Å². The topological polar surface area (TPSA) is 184 Å². The number of aliphatic carboxylic acids is 1. The lowest BCUT2D eigenvalue weighted by Crippen LogP contribution is -2.62. The van der Waals surface area contributed by atoms with Crippen molar-refractivity contribution in [2.75, 3.05) is 13.1 Å². The van der Waals surface area contributed by atoms with Crippen molar-refractivity contribution in [1.82, 2.24) is 16.0 Å². The quantitative estimate of drug-likeness (QED) is 0.201. The van der Waals surface area contributed by atoms with Crippen molar-refractivity contribution in [3.63, 3.8) is 0 Å². The highest BCUT2D eigenvalue weighted by Crippen LogP contribution is 2.14. The van der Waals surface area contributed by atoms with Gasteiger partial charge in [-0.3, -0.25) is 19.2 Å². The van der Waals surface area contributed by atoms with Crippen molar-refractivity contribution in [1.29, 1.82) is 0 Å². The lowest BCUT2D eigenvalue weighted by Gasteiger charge is -2.30. The van der Waals surface area contributed by atoms with Crippen LogP contribution in [0.1, 0.15) is 45.2 Å². The summed E-state index contributed by atoms with van der Waals surface area (Å²) in [7, 11) is -2.30. The number of carboxylic acid groups (broad SMARTS) is 1. The van der Waals surface area contributed by atoms with Gasteiger partial charge in [0.15, 0.2) is 0 Å². The molecule has 6 N–H and O–H groups in total. The minimum absolute atomic E-state index is 0.159. The first-order valence-corrected chi connectivity index (χ1v) is 11.5. The Morgan fingerprint density at radius 1 is 0.892 bits per heavy atom. The third-order valence-electron chi connectivity index (χ3n) is 6.26. The summed E-state index contributed by atoms with van der Waals surface area (Å²) in [4.78, 5) is 49.8. The van der Waals surface area contributed by atoms with Crippen molar-refractivity contribution in [2.24, 2.45) is 0 Å². The number of carbonyl (C=O) groups is 4. The highest BCUT2D eigenvalue weighted by atomic mass is 16.5. The monoisotopic (exact) mass is 509 g/mol. The zero-order valence-corrected chi connectivity index (χ0v) is 19.9. The van der Waals surface area contributed by atoms with Crippen molar-refractivity contribution >= 4 is 48.9 Å². The molecule has 0 fully saturated rings. The Bertz CT molecular complexity index is 1260. The van der Waals surface area contributed by atoms with E-state index in [9.17, 15) is 29.2 Å². The first-order valence-electron chi connectivity index (χ1n) is 11.5. The van der Waals surface area contributed by atoms with E-state index in [4.69, 9.17) is 14.4 Å². The second kappa shape index (κ2) is 10.7. The fourth-order valence-electron chi connectivity index (χ4n) is 4.05. The van der Waals surface area contributed by atoms with Gasteiger partial charge in [-0.2, -0.15) is 0 Å². The maximum Gasteiger partial charge on any atom is 0.491 e. The van der Waals surface area contributed by atoms with E-state index in [0.717, 1.165) is 11.1 Å². The van der Waals surface area contributed by atoms with Crippen LogP contribution in [0.25, 0.3) is 0 Å². The van der Waals surface area contributed by atoms with E-state index in [1.54, 1.807) is 18.2 Å². The van der Waals surface area contributed by atoms with E-state index in [2.05, 4.69) is 16.0 Å². The lowest BCUT2D eigenvalue weighted by atomic mass is 9.78. The third-order valence-corrected chi connectivity index (χ3v) is 6.26. The van der Waals surface area contributed by atoms with Crippen LogP contribution >= 0.6 is 0 Å². The molecule has 14 heteroatoms. The van der Waals surface area contributed by atoms with Crippen molar-refractivity contribution in [3.8, 4) is 0 Å². The van der Waals surface area contributed by atoms with Gasteiger partial charge in [0.2, 0.25) is 5.91 Å². The standard InChI is InChI=1S/C23H25B2N3O9/c1-23(22(33)26-7-6-19(29)30,28-21(32)14-3-5-16-11-37-25(35)18(16)9-14)12-27-20(31)13-2-4-15-10-36-24(34)17(15)8-13/h2-5,8-9,34-35H,6-7,10-12H2,1H3,(H,26,33)(H,27,31)(H,28,32)(H,29,30). The molecular formula is C23H25B2N3O9. The van der Waals surface area contributed by atoms with E-state index in [0.29, 0.717) is 10.9 Å². The zero-order valence-electron chi connectivity index (χ0n) is 19.9. The number of hydrogen-bond acceptors (Lipinski definition) is 8. The fraction of sp³-hybridized carbons (Fsp3) is 0.304. The Kier molecular flexibility index (Phi) is 7.64. The molecule has 0 aliphatic carbocycles. The minimum Gasteiger partial charge on any atom is -0.481 e. The van der Waals surface area contributed by atoms with E-state index >= 15 is 0 Å². The molecule has 192 valence electrons. The van der Waals surface area contributed by atoms with Crippen molar-refractivity contribution in [3.05, 3.63) is 58.7 Å². The number of fused-ring (bicyclic) bond motifs is 2. The van der Waals surface area contributed by atoms with Gasteiger partial charge in [-0.25, -0.2) is 0 Å². The van der Waals surface area contributed by atoms with Crippen LogP contribution in [0, 0.1) is 0 Å². The molecular weight excluding hydrogens is 484 g/mol. The van der Waals surface area contributed by atoms with Gasteiger partial charge in [-0.05, 0) is 53.2 Å². The van der Waals surface area contributed by atoms with Gasteiger partial charge >= 0.3 is 20.2 Å². The van der Waals surface area contributed by atoms with Crippen LogP contribution < -0.4 is 26.9 Å². The molecule has 0 aromatic heterocycles. The maximum absolute atomic E-state index is 13.1. The van der Waals surface area contributed by atoms with Crippen LogP contribution in [0.4, 0.5) is 0 Å². The number of rotatable bonds is 9. The molecule has 2 aromatic rings. The van der Waals surface area contributed by atoms with Crippen LogP contribution in [0.3, 0.4) is 0 Å². The van der Waals surface area contributed by atoms with Gasteiger partial charge in [0.05, 0.1) is 19.6 Å². The van der Waals surface area contributed by atoms with E-state index < -0.39 is 43.5 Å². The van der Waals surface area contributed by atoms with Gasteiger partial charge in [0.25, 0.3) is 11.8 Å². The van der Waals surface area contributed by atoms with Gasteiger partial charge in [-0.1, -0.05) is 12.1 Å². The molecule has 2 aliphatic heterocycles. The van der Waals surface area contributed by atoms with E-state index in [1.165, 1.54) is 25.1 Å². The first kappa shape index (κ1) is 26.4. The second-order valence-electron chi connectivity index (χ2n) is 9.02. The average molecular weight is 509 g/mol. The Morgan fingerprint density at radius 3 is 1.97 bits per heavy atom. The molecule has 37 heavy (non-hydrogen) atoms. The summed E-state index contributed by atoms with van der Waals surface area (Å²) >= 11 is 0. The molecule has 1 atom stereocenters. The molecule has 3 amide bonds. The fourth-order valence-corrected chi connectivity index (χ4v) is 4.05. The van der Waals surface area contributed by atoms with Crippen LogP contribution in [0.5, 0.6) is 0 Å². The molecule has 1 unspecified atom stereocenters. The highest BCUT2D eigenvalue weighted by Gasteiger charge is 2.37. The SMILES string of the molecule is CC(CNC(=O)c1ccc2c(c1)B(O)OC2)(NC(=O)c1ccc2c(c1)B(O)OC2)C(=O)NCCC(=O)O. The zero-order chi connectivity index (χ0) is 26.7. The molecule has 0 bridgehead atoms. The minimum atomic E-state index is -1.67. The summed E-state index contributed by atoms with van der Waals surface area (Å²) in [5, 5.41) is 36.4. The highest BCUT2D eigenvalue weighted by molar-refractivity contribution is 6.62. The number of hydrogen-bond donors (Lipinski definition) is 6. The van der Waals surface area contributed by atoms with Crippen LogP contribution in [0.15, 0.2) is 36.4 Å². The summed E-state index contributed by atoms with van der Waals surface area (Å²) in [5.41, 5.74) is 1.11. The second-order valence-corrected chi connectivity index (χ2v) is 9.02. The Hall–Kier alpha value is -3.71. The largest absolute Gasteiger partial charge is 0.491 e. The molecule has 0 spiro atoms. The average Bonchev–Trinajstić information content (AvgIpc) is 3.43. The third kappa shape index (κ3) is 5.83. The van der Waals surface area contributed by atoms with Crippen LogP contribution in [-0.2, 0) is 32.1 Å². The Balaban J connectivity index is 1.50. The molecule has 2 aromatic carbocycles. The molecule has 2 heterocycles. The summed E-state index contributed by atoms with van der Waals surface area (Å²) in [6.45, 7) is 1.32. The smallest absolute Gasteiger partial charge is 0.481 e. The van der Waals surface area contributed by atoms with E-state index in [-0.39, 0.29) is 43.9 Å². The summed E-state index contributed by atoms with van der Waals surface area (Å²) < 4.78 is 10.3. The summed E-state index contributed by atoms with van der Waals surface area (Å²) in [5.74, 6) is -3.02. The number of amides is 3. The Labute approximate surface area is 212 Å². The molecule has 4 rings (SSSR count). The maximum atomic E-state index is 13.1. The molecule has 2 aliphatic rings. The van der Waals surface area contributed by atoms with Crippen LogP contribution in [0.2, 0.25) is 0 Å². The summed E-state index contributed by atoms with van der Waals surface area (Å²) in [6.07, 6.45) is -0.329. The number of benzene rings is 2. The lowest BCUT2D eigenvalue weighted by molar-refractivity contribution is -0.137. The predicted molar refractivity (Wildman–Crippen MR) is 131 cm³/mol. The van der Waals surface area contributed by atoms with E-state index in [1.807, 2.05) is 0 Å². The molecule has 0 saturated heterocycles. The number of carbonyl (C=O) groups excluding carboxylic acids is 3. The molecule has 0 radical (unpaired) electrons. The molecule has 0 saturated carbocycles.